The Hall–Kier alpha value is -4.92. The monoisotopic (exact) mass is 633 g/mol. The number of piperidine rings is 1. The number of likely N-dealkylation sites (tertiary alicyclic amines) is 1. The van der Waals surface area contributed by atoms with E-state index in [1.54, 1.807) is 30.3 Å². The van der Waals surface area contributed by atoms with Crippen LogP contribution in [0, 0.1) is 5.82 Å². The van der Waals surface area contributed by atoms with Gasteiger partial charge in [0.05, 0.1) is 23.8 Å². The number of aliphatic hydroxyl groups excluding tert-OH is 1. The fourth-order valence-corrected chi connectivity index (χ4v) is 6.57. The average Bonchev–Trinajstić information content (AvgIpc) is 3.29. The van der Waals surface area contributed by atoms with E-state index in [4.69, 9.17) is 23.5 Å². The van der Waals surface area contributed by atoms with E-state index in [9.17, 15) is 28.7 Å². The summed E-state index contributed by atoms with van der Waals surface area (Å²) in [6, 6.07) is 10.8. The summed E-state index contributed by atoms with van der Waals surface area (Å²) in [5.41, 5.74) is 1.76. The van der Waals surface area contributed by atoms with E-state index in [2.05, 4.69) is 5.16 Å². The molecule has 238 valence electrons. The van der Waals surface area contributed by atoms with E-state index in [0.29, 0.717) is 37.1 Å². The van der Waals surface area contributed by atoms with E-state index < -0.39 is 54.2 Å². The van der Waals surface area contributed by atoms with Gasteiger partial charge in [0.1, 0.15) is 5.82 Å². The number of aliphatic hydroxyl groups is 1. The molecule has 4 aliphatic heterocycles. The Labute approximate surface area is 260 Å². The third-order valence-electron chi connectivity index (χ3n) is 8.55. The quantitative estimate of drug-likeness (QED) is 0.408. The second-order valence-corrected chi connectivity index (χ2v) is 11.5. The van der Waals surface area contributed by atoms with Crippen LogP contribution in [0.3, 0.4) is 0 Å². The third kappa shape index (κ3) is 5.33. The highest BCUT2D eigenvalue weighted by molar-refractivity contribution is 5.94. The van der Waals surface area contributed by atoms with Crippen molar-refractivity contribution in [2.45, 2.75) is 43.1 Å². The van der Waals surface area contributed by atoms with Gasteiger partial charge in [-0.3, -0.25) is 0 Å². The van der Waals surface area contributed by atoms with Gasteiger partial charge in [-0.15, -0.1) is 4.90 Å². The molecule has 2 spiro atoms. The standard InChI is InChI=1S/C32H28FN3O10/c33-21-5-6-23-25(15-21)46-34-30(23)19-11-13-35(14-12-19)17-22(37)18-36-31(42-26(38)7-8-27(39)43-31)16-20-3-1-2-4-24(20)32(36)44-28(40)9-10-29(41)45-32/h1-10,15,19,22,37H,11-14,16-18H2. The van der Waals surface area contributed by atoms with Gasteiger partial charge < -0.3 is 33.5 Å². The van der Waals surface area contributed by atoms with Crippen LogP contribution in [0.2, 0.25) is 0 Å². The van der Waals surface area contributed by atoms with Gasteiger partial charge in [-0.2, -0.15) is 0 Å². The van der Waals surface area contributed by atoms with Crippen molar-refractivity contribution in [2.24, 2.45) is 0 Å². The van der Waals surface area contributed by atoms with Gasteiger partial charge in [-0.1, -0.05) is 23.4 Å². The van der Waals surface area contributed by atoms with Crippen LogP contribution in [0.25, 0.3) is 11.0 Å². The van der Waals surface area contributed by atoms with E-state index in [1.807, 2.05) is 4.90 Å². The van der Waals surface area contributed by atoms with Gasteiger partial charge in [0.15, 0.2) is 5.58 Å². The molecule has 1 aromatic heterocycles. The molecule has 0 aliphatic carbocycles. The average molecular weight is 634 g/mol. The molecular weight excluding hydrogens is 605 g/mol. The summed E-state index contributed by atoms with van der Waals surface area (Å²) >= 11 is 0. The SMILES string of the molecule is O=C1C=CC(=O)OC2(Cc3ccccc3C3(OC(=O)C=CC(=O)O3)N2CC(O)CN2CCC(c3noc4cc(F)ccc34)CC2)O1. The van der Waals surface area contributed by atoms with Crippen LogP contribution < -0.4 is 0 Å². The molecule has 1 atom stereocenters. The Balaban J connectivity index is 1.17. The van der Waals surface area contributed by atoms with Crippen LogP contribution in [-0.2, 0) is 50.5 Å². The first-order valence-electron chi connectivity index (χ1n) is 14.7. The zero-order valence-corrected chi connectivity index (χ0v) is 24.3. The Morgan fingerprint density at radius 2 is 1.50 bits per heavy atom. The molecule has 2 aromatic carbocycles. The molecule has 0 amide bonds. The van der Waals surface area contributed by atoms with Crippen molar-refractivity contribution in [3.8, 4) is 0 Å². The number of ether oxygens (including phenoxy) is 4. The van der Waals surface area contributed by atoms with Crippen LogP contribution >= 0.6 is 0 Å². The smallest absolute Gasteiger partial charge is 0.355 e. The fourth-order valence-electron chi connectivity index (χ4n) is 6.57. The lowest BCUT2D eigenvalue weighted by atomic mass is 9.91. The maximum Gasteiger partial charge on any atom is 0.355 e. The van der Waals surface area contributed by atoms with Crippen molar-refractivity contribution >= 4 is 34.8 Å². The van der Waals surface area contributed by atoms with Gasteiger partial charge in [0.25, 0.3) is 0 Å². The number of halogens is 1. The number of carbonyl (C=O) groups excluding carboxylic acids is 4. The molecule has 1 unspecified atom stereocenters. The number of hydrogen-bond acceptors (Lipinski definition) is 13. The molecule has 46 heavy (non-hydrogen) atoms. The summed E-state index contributed by atoms with van der Waals surface area (Å²) in [7, 11) is 0. The lowest BCUT2D eigenvalue weighted by molar-refractivity contribution is -0.399. The van der Waals surface area contributed by atoms with Crippen LogP contribution in [0.4, 0.5) is 4.39 Å². The van der Waals surface area contributed by atoms with E-state index >= 15 is 0 Å². The van der Waals surface area contributed by atoms with Crippen molar-refractivity contribution in [3.05, 3.63) is 89.4 Å². The predicted octanol–water partition coefficient (Wildman–Crippen LogP) is 2.14. The second-order valence-electron chi connectivity index (χ2n) is 11.5. The topological polar surface area (TPSA) is 158 Å². The number of rotatable bonds is 5. The van der Waals surface area contributed by atoms with Crippen molar-refractivity contribution < 1.29 is 52.1 Å². The van der Waals surface area contributed by atoms with Gasteiger partial charge in [0.2, 0.25) is 0 Å². The highest BCUT2D eigenvalue weighted by Gasteiger charge is 2.65. The minimum absolute atomic E-state index is 0.0554. The van der Waals surface area contributed by atoms with Crippen molar-refractivity contribution in [1.29, 1.82) is 0 Å². The highest BCUT2D eigenvalue weighted by Crippen LogP contribution is 2.47. The summed E-state index contributed by atoms with van der Waals surface area (Å²) in [6.45, 7) is 0.827. The Bertz CT molecular complexity index is 1750. The maximum absolute atomic E-state index is 13.6. The molecule has 4 aliphatic rings. The number of β-amino-alcohol motifs (C(OH)–C–C–N with tert-alkyl or cyclic N) is 1. The molecule has 14 heteroatoms. The Kier molecular flexibility index (Phi) is 7.42. The number of benzene rings is 2. The molecule has 7 rings (SSSR count). The minimum Gasteiger partial charge on any atom is -0.404 e. The first kappa shape index (κ1) is 29.8. The molecule has 0 bridgehead atoms. The van der Waals surface area contributed by atoms with Crippen molar-refractivity contribution in [2.75, 3.05) is 26.2 Å². The largest absolute Gasteiger partial charge is 0.404 e. The molecule has 13 nitrogen and oxygen atoms in total. The van der Waals surface area contributed by atoms with Crippen molar-refractivity contribution in [1.82, 2.24) is 15.0 Å². The Morgan fingerprint density at radius 1 is 0.870 bits per heavy atom. The molecule has 0 saturated carbocycles. The van der Waals surface area contributed by atoms with Crippen LogP contribution in [0.1, 0.15) is 35.6 Å². The number of carbonyl (C=O) groups is 4. The van der Waals surface area contributed by atoms with Crippen molar-refractivity contribution in [3.63, 3.8) is 0 Å². The zero-order valence-electron chi connectivity index (χ0n) is 24.3. The molecule has 1 fully saturated rings. The van der Waals surface area contributed by atoms with E-state index in [0.717, 1.165) is 40.3 Å². The van der Waals surface area contributed by atoms with Crippen LogP contribution in [-0.4, -0.2) is 82.1 Å². The molecule has 1 N–H and O–H groups in total. The van der Waals surface area contributed by atoms with Gasteiger partial charge in [0, 0.05) is 54.8 Å². The van der Waals surface area contributed by atoms with Crippen LogP contribution in [0.15, 0.2) is 71.3 Å². The summed E-state index contributed by atoms with van der Waals surface area (Å²) in [5.74, 6) is -8.77. The summed E-state index contributed by atoms with van der Waals surface area (Å²) in [6.07, 6.45) is 3.49. The minimum atomic E-state index is -2.38. The fraction of sp³-hybridized carbons (Fsp3) is 0.344. The van der Waals surface area contributed by atoms with Gasteiger partial charge in [-0.05, 0) is 49.7 Å². The maximum atomic E-state index is 13.6. The second kappa shape index (κ2) is 11.5. The Morgan fingerprint density at radius 3 is 2.17 bits per heavy atom. The lowest BCUT2D eigenvalue weighted by Gasteiger charge is -2.52. The first-order chi connectivity index (χ1) is 22.1. The normalized spacial score (nSPS) is 22.1. The summed E-state index contributed by atoms with van der Waals surface area (Å²) in [5, 5.41) is 16.5. The number of hydrogen-bond donors (Lipinski definition) is 1. The highest BCUT2D eigenvalue weighted by atomic mass is 19.1. The number of nitrogens with zero attached hydrogens (tertiary/aromatic N) is 3. The van der Waals surface area contributed by atoms with Gasteiger partial charge >= 0.3 is 35.7 Å². The van der Waals surface area contributed by atoms with E-state index in [1.165, 1.54) is 12.1 Å². The molecular formula is C32H28FN3O10. The number of esters is 4. The summed E-state index contributed by atoms with van der Waals surface area (Å²) in [4.78, 5) is 54.4. The zero-order chi connectivity index (χ0) is 32.1. The number of fused-ring (bicyclic) bond motifs is 3. The summed E-state index contributed by atoms with van der Waals surface area (Å²) < 4.78 is 41.9. The lowest BCUT2D eigenvalue weighted by Crippen LogP contribution is -2.70. The van der Waals surface area contributed by atoms with E-state index in [-0.39, 0.29) is 24.4 Å². The molecule has 0 radical (unpaired) electrons. The predicted molar refractivity (Wildman–Crippen MR) is 152 cm³/mol. The van der Waals surface area contributed by atoms with Crippen LogP contribution in [0.5, 0.6) is 0 Å². The molecule has 5 heterocycles. The third-order valence-corrected chi connectivity index (χ3v) is 8.55. The first-order valence-corrected chi connectivity index (χ1v) is 14.7. The molecule has 3 aromatic rings. The molecule has 1 saturated heterocycles. The van der Waals surface area contributed by atoms with Gasteiger partial charge in [-0.25, -0.2) is 23.6 Å². The number of aromatic nitrogens is 1.